The van der Waals surface area contributed by atoms with Gasteiger partial charge in [-0.3, -0.25) is 9.88 Å². The minimum absolute atomic E-state index is 0.00770. The molecule has 2 saturated heterocycles. The molecule has 6 rings (SSSR count). The molecule has 2 aliphatic rings. The van der Waals surface area contributed by atoms with Crippen molar-refractivity contribution in [2.24, 2.45) is 0 Å². The van der Waals surface area contributed by atoms with Crippen molar-refractivity contribution in [3.8, 4) is 34.5 Å². The Labute approximate surface area is 349 Å². The van der Waals surface area contributed by atoms with Gasteiger partial charge in [0.15, 0.2) is 18.9 Å². The molecule has 2 fully saturated rings. The molecule has 14 heteroatoms. The molecule has 2 aromatic heterocycles. The molecule has 4 heterocycles. The third-order valence-electron chi connectivity index (χ3n) is 11.7. The van der Waals surface area contributed by atoms with Crippen molar-refractivity contribution in [3.05, 3.63) is 47.9 Å². The predicted octanol–water partition coefficient (Wildman–Crippen LogP) is 9.12. The number of hydrogen-bond donors (Lipinski definition) is 0. The second-order valence-corrected chi connectivity index (χ2v) is 23.1. The number of aromatic nitrogens is 3. The summed E-state index contributed by atoms with van der Waals surface area (Å²) in [5, 5.41) is 2.00. The molecule has 1 amide bonds. The standard InChI is InChI=1S/C45H60FN5O7Si/c1-27(2)59(28(3)4,29(5)6)19-18-30-14-13-15-31-20-34(57-26-53-10)21-35(38(30)31)40-39(46)41-36(22-47-40)42(49-43(48-41)56-25-37(54-11)55-12)50-23-32-16-17-33(24-50)51(32)44(52)58-45(7,8)9/h13-15,20-22,27-29,32-33,37H,16-17,23-26H2,1-12H3. The quantitative estimate of drug-likeness (QED) is 0.0730. The number of nitrogens with zero attached hydrogens (tertiary/aromatic N) is 5. The van der Waals surface area contributed by atoms with Crippen LogP contribution in [0.15, 0.2) is 36.5 Å². The van der Waals surface area contributed by atoms with Gasteiger partial charge in [-0.25, -0.2) is 9.18 Å². The first-order valence-corrected chi connectivity index (χ1v) is 22.8. The summed E-state index contributed by atoms with van der Waals surface area (Å²) in [7, 11) is 2.44. The molecule has 0 aliphatic carbocycles. The third kappa shape index (κ3) is 8.99. The van der Waals surface area contributed by atoms with Gasteiger partial charge in [-0.05, 0) is 73.8 Å². The molecule has 0 spiro atoms. The molecule has 2 bridgehead atoms. The Morgan fingerprint density at radius 3 is 2.20 bits per heavy atom. The normalized spacial score (nSPS) is 17.1. The fourth-order valence-electron chi connectivity index (χ4n) is 9.09. The number of benzene rings is 2. The lowest BCUT2D eigenvalue weighted by Gasteiger charge is -2.42. The van der Waals surface area contributed by atoms with Crippen LogP contribution in [-0.4, -0.2) is 106 Å². The van der Waals surface area contributed by atoms with E-state index in [4.69, 9.17) is 38.4 Å². The highest BCUT2D eigenvalue weighted by atomic mass is 28.3. The Balaban J connectivity index is 1.53. The molecule has 59 heavy (non-hydrogen) atoms. The fourth-order valence-corrected chi connectivity index (χ4v) is 14.3. The van der Waals surface area contributed by atoms with Gasteiger partial charge in [0, 0.05) is 57.1 Å². The topological polar surface area (TPSA) is 118 Å². The zero-order chi connectivity index (χ0) is 42.8. The molecule has 2 unspecified atom stereocenters. The second-order valence-electron chi connectivity index (χ2n) is 17.5. The zero-order valence-corrected chi connectivity index (χ0v) is 37.6. The van der Waals surface area contributed by atoms with Crippen LogP contribution in [0.1, 0.15) is 80.7 Å². The van der Waals surface area contributed by atoms with E-state index in [1.54, 1.807) is 19.4 Å². The summed E-state index contributed by atoms with van der Waals surface area (Å²) in [6.07, 6.45) is 2.21. The number of fused-ring (bicyclic) bond motifs is 4. The molecular formula is C45H60FN5O7Si. The maximum absolute atomic E-state index is 17.6. The Kier molecular flexibility index (Phi) is 13.4. The van der Waals surface area contributed by atoms with E-state index in [1.165, 1.54) is 14.2 Å². The van der Waals surface area contributed by atoms with Crippen molar-refractivity contribution in [3.63, 3.8) is 0 Å². The molecule has 2 aromatic carbocycles. The van der Waals surface area contributed by atoms with Crippen molar-refractivity contribution in [2.75, 3.05) is 52.7 Å². The van der Waals surface area contributed by atoms with Crippen LogP contribution in [0.2, 0.25) is 16.6 Å². The minimum Gasteiger partial charge on any atom is -0.468 e. The number of amides is 1. The predicted molar refractivity (Wildman–Crippen MR) is 231 cm³/mol. The summed E-state index contributed by atoms with van der Waals surface area (Å²) in [6, 6.07) is 9.35. The van der Waals surface area contributed by atoms with E-state index in [2.05, 4.69) is 62.9 Å². The van der Waals surface area contributed by atoms with E-state index in [1.807, 2.05) is 49.9 Å². The molecule has 318 valence electrons. The Morgan fingerprint density at radius 2 is 1.61 bits per heavy atom. The van der Waals surface area contributed by atoms with Crippen LogP contribution in [0.25, 0.3) is 32.9 Å². The summed E-state index contributed by atoms with van der Waals surface area (Å²) in [6.45, 7) is 20.2. The Bertz CT molecular complexity index is 2180. The lowest BCUT2D eigenvalue weighted by molar-refractivity contribution is -0.123. The summed E-state index contributed by atoms with van der Waals surface area (Å²) in [4.78, 5) is 31.6. The number of carbonyl (C=O) groups is 1. The van der Waals surface area contributed by atoms with Crippen LogP contribution in [-0.2, 0) is 18.9 Å². The van der Waals surface area contributed by atoms with E-state index < -0.39 is 25.8 Å². The Hall–Kier alpha value is -4.55. The summed E-state index contributed by atoms with van der Waals surface area (Å²) in [5.41, 5.74) is 5.94. The van der Waals surface area contributed by atoms with E-state index in [0.717, 1.165) is 29.2 Å². The molecule has 4 aromatic rings. The first-order chi connectivity index (χ1) is 28.0. The smallest absolute Gasteiger partial charge is 0.410 e. The SMILES string of the molecule is COCOc1cc(-c2ncc3c(N4CC5CCC(C4)N5C(=O)OC(C)(C)C)nc(OCC(OC)OC)nc3c2F)c2c(C#C[Si](C(C)C)(C(C)C)C(C)C)cccc2c1. The number of carbonyl (C=O) groups excluding carboxylic acids is 1. The van der Waals surface area contributed by atoms with Gasteiger partial charge >= 0.3 is 12.1 Å². The molecule has 0 saturated carbocycles. The van der Waals surface area contributed by atoms with Crippen molar-refractivity contribution in [1.82, 2.24) is 19.9 Å². The lowest BCUT2D eigenvalue weighted by atomic mass is 9.96. The number of anilines is 1. The first kappa shape index (κ1) is 44.0. The summed E-state index contributed by atoms with van der Waals surface area (Å²) in [5.74, 6) is 3.93. The van der Waals surface area contributed by atoms with Crippen molar-refractivity contribution in [1.29, 1.82) is 0 Å². The van der Waals surface area contributed by atoms with E-state index >= 15 is 4.39 Å². The lowest BCUT2D eigenvalue weighted by Crippen LogP contribution is -2.57. The number of rotatable bonds is 13. The van der Waals surface area contributed by atoms with Crippen LogP contribution in [0.4, 0.5) is 15.0 Å². The minimum atomic E-state index is -2.12. The first-order valence-electron chi connectivity index (χ1n) is 20.6. The van der Waals surface area contributed by atoms with Crippen LogP contribution >= 0.6 is 0 Å². The second kappa shape index (κ2) is 18.0. The molecule has 12 nitrogen and oxygen atoms in total. The average molecular weight is 830 g/mol. The number of hydrogen-bond acceptors (Lipinski definition) is 11. The number of pyridine rings is 1. The van der Waals surface area contributed by atoms with Gasteiger partial charge in [0.2, 0.25) is 0 Å². The van der Waals surface area contributed by atoms with Gasteiger partial charge in [-0.15, -0.1) is 5.54 Å². The average Bonchev–Trinajstić information content (AvgIpc) is 3.45. The van der Waals surface area contributed by atoms with Crippen molar-refractivity contribution in [2.45, 2.75) is 116 Å². The highest BCUT2D eigenvalue weighted by molar-refractivity contribution is 6.90. The van der Waals surface area contributed by atoms with Crippen molar-refractivity contribution < 1.29 is 37.6 Å². The van der Waals surface area contributed by atoms with Crippen molar-refractivity contribution >= 4 is 41.7 Å². The van der Waals surface area contributed by atoms with E-state index in [0.29, 0.717) is 52.2 Å². The van der Waals surface area contributed by atoms with Gasteiger partial charge in [0.25, 0.3) is 0 Å². The molecule has 0 radical (unpaired) electrons. The molecule has 0 N–H and O–H groups in total. The molecule has 2 atom stereocenters. The van der Waals surface area contributed by atoms with Gasteiger partial charge < -0.3 is 33.3 Å². The maximum Gasteiger partial charge on any atom is 0.410 e. The monoisotopic (exact) mass is 829 g/mol. The number of methoxy groups -OCH3 is 3. The molecule has 2 aliphatic heterocycles. The van der Waals surface area contributed by atoms with Gasteiger partial charge in [-0.2, -0.15) is 9.97 Å². The van der Waals surface area contributed by atoms with Crippen LogP contribution in [0.3, 0.4) is 0 Å². The van der Waals surface area contributed by atoms with Gasteiger partial charge in [0.1, 0.15) is 43.1 Å². The number of piperazine rings is 1. The highest BCUT2D eigenvalue weighted by Crippen LogP contribution is 2.43. The largest absolute Gasteiger partial charge is 0.468 e. The van der Waals surface area contributed by atoms with Gasteiger partial charge in [0.05, 0.1) is 17.5 Å². The van der Waals surface area contributed by atoms with Crippen LogP contribution < -0.4 is 14.4 Å². The zero-order valence-electron chi connectivity index (χ0n) is 36.6. The van der Waals surface area contributed by atoms with E-state index in [-0.39, 0.29) is 48.8 Å². The number of halogens is 1. The van der Waals surface area contributed by atoms with Crippen LogP contribution in [0.5, 0.6) is 11.8 Å². The maximum atomic E-state index is 17.6. The Morgan fingerprint density at radius 1 is 0.949 bits per heavy atom. The fraction of sp³-hybridized carbons (Fsp3) is 0.556. The highest BCUT2D eigenvalue weighted by Gasteiger charge is 2.45. The summed E-state index contributed by atoms with van der Waals surface area (Å²) < 4.78 is 51.3. The van der Waals surface area contributed by atoms with E-state index in [9.17, 15) is 4.79 Å². The van der Waals surface area contributed by atoms with Crippen LogP contribution in [0, 0.1) is 17.3 Å². The molecular weight excluding hydrogens is 770 g/mol. The number of ether oxygens (including phenoxy) is 6. The van der Waals surface area contributed by atoms with Gasteiger partial charge in [-0.1, -0.05) is 59.6 Å². The summed E-state index contributed by atoms with van der Waals surface area (Å²) >= 11 is 0. The third-order valence-corrected chi connectivity index (χ3v) is 18.0.